The summed E-state index contributed by atoms with van der Waals surface area (Å²) in [6.45, 7) is 7.86. The number of carbonyl (C=O) groups is 2. The fraction of sp³-hybridized carbons (Fsp3) is 0.400. The number of aromatic nitrogens is 2. The maximum atomic E-state index is 14.7. The van der Waals surface area contributed by atoms with E-state index in [4.69, 9.17) is 8.92 Å². The maximum Gasteiger partial charge on any atom is 0.451 e. The summed E-state index contributed by atoms with van der Waals surface area (Å²) in [6.07, 6.45) is -5.01. The Morgan fingerprint density at radius 2 is 1.64 bits per heavy atom. The van der Waals surface area contributed by atoms with Crippen molar-refractivity contribution >= 4 is 22.1 Å². The summed E-state index contributed by atoms with van der Waals surface area (Å²) in [6, 6.07) is 7.58. The summed E-state index contributed by atoms with van der Waals surface area (Å²) >= 11 is 0. The lowest BCUT2D eigenvalue weighted by Gasteiger charge is -2.31. The second kappa shape index (κ2) is 12.7. The second-order valence-electron chi connectivity index (χ2n) is 11.6. The fourth-order valence-electron chi connectivity index (χ4n) is 4.69. The van der Waals surface area contributed by atoms with E-state index in [2.05, 4.69) is 15.3 Å². The number of ether oxygens (including phenoxy) is 1. The number of aryl methyl sites for hydroxylation is 1. The Hall–Kier alpha value is -4.11. The highest BCUT2D eigenvalue weighted by Gasteiger charge is 2.48. The number of benzene rings is 2. The van der Waals surface area contributed by atoms with Gasteiger partial charge in [-0.15, -0.1) is 0 Å². The molecule has 0 radical (unpaired) electrons. The first-order chi connectivity index (χ1) is 20.9. The average Bonchev–Trinajstić information content (AvgIpc) is 3.26. The van der Waals surface area contributed by atoms with E-state index >= 15 is 0 Å². The van der Waals surface area contributed by atoms with Crippen molar-refractivity contribution < 1.29 is 44.5 Å². The quantitative estimate of drug-likeness (QED) is 0.266. The van der Waals surface area contributed by atoms with Crippen molar-refractivity contribution in [1.29, 1.82) is 0 Å². The first-order valence-corrected chi connectivity index (χ1v) is 15.2. The number of carbonyl (C=O) groups excluding carboxylic acids is 2. The molecule has 45 heavy (non-hydrogen) atoms. The molecular formula is C30H32F4N4O6S. The number of halogens is 4. The van der Waals surface area contributed by atoms with Crippen LogP contribution in [0, 0.1) is 12.7 Å². The van der Waals surface area contributed by atoms with E-state index in [1.807, 2.05) is 0 Å². The van der Waals surface area contributed by atoms with Crippen LogP contribution in [0.1, 0.15) is 51.1 Å². The minimum atomic E-state index is -4.73. The standard InChI is InChI=1S/C30H32F4N4O6S/c1-17-6-9-22(10-7-17)45(41,42)44-25-13-24(38(18(25)2)28(40)43-29(3,4)5)26(39)35-14-20-12-19(8-11-23(20)31)21-15-36-27(37-16-21)30(32,33)34/h6-12,15-16,18,24-25H,13-14H2,1-5H3,(H,35,39)/t18-,24-,25-/m0/s1. The molecule has 2 aromatic carbocycles. The van der Waals surface area contributed by atoms with Gasteiger partial charge in [-0.05, 0) is 64.4 Å². The van der Waals surface area contributed by atoms with Gasteiger partial charge < -0.3 is 10.1 Å². The lowest BCUT2D eigenvalue weighted by Crippen LogP contribution is -2.50. The number of amides is 2. The maximum absolute atomic E-state index is 14.7. The molecule has 0 aliphatic carbocycles. The Kier molecular flexibility index (Phi) is 9.54. The van der Waals surface area contributed by atoms with Crippen molar-refractivity contribution in [3.05, 3.63) is 77.6 Å². The summed E-state index contributed by atoms with van der Waals surface area (Å²) in [5.41, 5.74) is 0.382. The van der Waals surface area contributed by atoms with Crippen LogP contribution in [-0.4, -0.2) is 59.1 Å². The molecule has 1 aliphatic rings. The number of likely N-dealkylation sites (tertiary alicyclic amines) is 1. The van der Waals surface area contributed by atoms with Crippen LogP contribution in [-0.2, 0) is 36.6 Å². The number of alkyl halides is 3. The Bertz CT molecular complexity index is 1660. The molecule has 1 N–H and O–H groups in total. The number of nitrogens with zero attached hydrogens (tertiary/aromatic N) is 3. The van der Waals surface area contributed by atoms with E-state index in [1.165, 1.54) is 31.2 Å². The van der Waals surface area contributed by atoms with E-state index in [1.54, 1.807) is 39.8 Å². The van der Waals surface area contributed by atoms with Crippen LogP contribution in [0.15, 0.2) is 59.8 Å². The normalized spacial score (nSPS) is 19.0. The molecule has 0 saturated carbocycles. The molecule has 0 spiro atoms. The molecule has 3 atom stereocenters. The zero-order valence-electron chi connectivity index (χ0n) is 25.1. The number of rotatable bonds is 7. The van der Waals surface area contributed by atoms with Crippen molar-refractivity contribution in [2.24, 2.45) is 0 Å². The highest BCUT2D eigenvalue weighted by atomic mass is 32.2. The van der Waals surface area contributed by atoms with E-state index < -0.39 is 63.7 Å². The lowest BCUT2D eigenvalue weighted by molar-refractivity contribution is -0.145. The third-order valence-corrected chi connectivity index (χ3v) is 8.32. The van der Waals surface area contributed by atoms with Gasteiger partial charge in [0.25, 0.3) is 10.1 Å². The van der Waals surface area contributed by atoms with Gasteiger partial charge in [-0.25, -0.2) is 19.2 Å². The van der Waals surface area contributed by atoms with Gasteiger partial charge in [-0.2, -0.15) is 21.6 Å². The average molecular weight is 653 g/mol. The Morgan fingerprint density at radius 1 is 1.02 bits per heavy atom. The molecule has 10 nitrogen and oxygen atoms in total. The summed E-state index contributed by atoms with van der Waals surface area (Å²) in [7, 11) is -4.26. The highest BCUT2D eigenvalue weighted by molar-refractivity contribution is 7.86. The van der Waals surface area contributed by atoms with Crippen LogP contribution in [0.4, 0.5) is 22.4 Å². The summed E-state index contributed by atoms with van der Waals surface area (Å²) < 4.78 is 90.3. The zero-order valence-corrected chi connectivity index (χ0v) is 25.9. The van der Waals surface area contributed by atoms with Crippen molar-refractivity contribution in [2.75, 3.05) is 0 Å². The van der Waals surface area contributed by atoms with Gasteiger partial charge in [0.05, 0.1) is 10.9 Å². The topological polar surface area (TPSA) is 128 Å². The first-order valence-electron chi connectivity index (χ1n) is 13.8. The molecule has 4 rings (SSSR count). The van der Waals surface area contributed by atoms with Crippen molar-refractivity contribution in [1.82, 2.24) is 20.2 Å². The molecule has 2 amide bonds. The van der Waals surface area contributed by atoms with Gasteiger partial charge in [0.1, 0.15) is 23.6 Å². The van der Waals surface area contributed by atoms with Crippen LogP contribution in [0.25, 0.3) is 11.1 Å². The Labute approximate surface area is 257 Å². The molecule has 1 saturated heterocycles. The minimum absolute atomic E-state index is 0.00893. The monoisotopic (exact) mass is 652 g/mol. The van der Waals surface area contributed by atoms with Gasteiger partial charge in [-0.1, -0.05) is 23.8 Å². The van der Waals surface area contributed by atoms with Gasteiger partial charge in [0.2, 0.25) is 11.7 Å². The lowest BCUT2D eigenvalue weighted by atomic mass is 10.0. The molecule has 242 valence electrons. The van der Waals surface area contributed by atoms with Gasteiger partial charge in [0.15, 0.2) is 0 Å². The van der Waals surface area contributed by atoms with Gasteiger partial charge >= 0.3 is 12.3 Å². The highest BCUT2D eigenvalue weighted by Crippen LogP contribution is 2.32. The van der Waals surface area contributed by atoms with E-state index in [0.717, 1.165) is 28.9 Å². The van der Waals surface area contributed by atoms with E-state index in [9.17, 15) is 35.6 Å². The van der Waals surface area contributed by atoms with Crippen LogP contribution in [0.2, 0.25) is 0 Å². The molecule has 1 fully saturated rings. The Morgan fingerprint density at radius 3 is 2.22 bits per heavy atom. The fourth-order valence-corrected chi connectivity index (χ4v) is 5.84. The molecule has 1 aliphatic heterocycles. The summed E-state index contributed by atoms with van der Waals surface area (Å²) in [5, 5.41) is 2.57. The van der Waals surface area contributed by atoms with Crippen LogP contribution in [0.3, 0.4) is 0 Å². The molecule has 0 unspecified atom stereocenters. The SMILES string of the molecule is Cc1ccc(S(=O)(=O)O[C@H]2C[C@@H](C(=O)NCc3cc(-c4cnc(C(F)(F)F)nc4)ccc3F)N(C(=O)OC(C)(C)C)[C@H]2C)cc1. The summed E-state index contributed by atoms with van der Waals surface area (Å²) in [5.74, 6) is -2.76. The number of hydrogen-bond donors (Lipinski definition) is 1. The largest absolute Gasteiger partial charge is 0.451 e. The molecule has 0 bridgehead atoms. The number of hydrogen-bond acceptors (Lipinski definition) is 8. The third-order valence-electron chi connectivity index (χ3n) is 6.97. The van der Waals surface area contributed by atoms with Crippen molar-refractivity contribution in [2.45, 2.75) is 82.4 Å². The predicted octanol–water partition coefficient (Wildman–Crippen LogP) is 5.40. The van der Waals surface area contributed by atoms with Gasteiger partial charge in [0, 0.05) is 36.5 Å². The minimum Gasteiger partial charge on any atom is -0.444 e. The Balaban J connectivity index is 1.54. The van der Waals surface area contributed by atoms with E-state index in [0.29, 0.717) is 5.56 Å². The molecular weight excluding hydrogens is 620 g/mol. The molecule has 15 heteroatoms. The van der Waals surface area contributed by atoms with E-state index in [-0.39, 0.29) is 29.0 Å². The second-order valence-corrected chi connectivity index (χ2v) is 13.2. The summed E-state index contributed by atoms with van der Waals surface area (Å²) in [4.78, 5) is 34.3. The molecule has 2 heterocycles. The van der Waals surface area contributed by atoms with Gasteiger partial charge in [-0.3, -0.25) is 13.9 Å². The van der Waals surface area contributed by atoms with Crippen LogP contribution in [0.5, 0.6) is 0 Å². The van der Waals surface area contributed by atoms with Crippen LogP contribution >= 0.6 is 0 Å². The first kappa shape index (κ1) is 33.8. The third kappa shape index (κ3) is 8.14. The predicted molar refractivity (Wildman–Crippen MR) is 153 cm³/mol. The molecule has 3 aromatic rings. The van der Waals surface area contributed by atoms with Crippen molar-refractivity contribution in [3.8, 4) is 11.1 Å². The number of nitrogens with one attached hydrogen (secondary N) is 1. The molecule has 1 aromatic heterocycles. The van der Waals surface area contributed by atoms with Crippen LogP contribution < -0.4 is 5.32 Å². The van der Waals surface area contributed by atoms with Crippen molar-refractivity contribution in [3.63, 3.8) is 0 Å². The zero-order chi connectivity index (χ0) is 33.3. The smallest absolute Gasteiger partial charge is 0.444 e.